The Kier molecular flexibility index (Phi) is 5.75. The molecule has 0 aliphatic carbocycles. The summed E-state index contributed by atoms with van der Waals surface area (Å²) in [6, 6.07) is 23.0. The van der Waals surface area contributed by atoms with Crippen LogP contribution in [0, 0.1) is 0 Å². The Morgan fingerprint density at radius 2 is 1.65 bits per heavy atom. The summed E-state index contributed by atoms with van der Waals surface area (Å²) in [6.45, 7) is 0. The SMILES string of the molecule is O=C(Nc1cccc(Cl)c1)c1cc2ccccc2o/c1=N/NS(=O)(=O)c1ccccc1. The number of hydrogen-bond donors (Lipinski definition) is 2. The summed E-state index contributed by atoms with van der Waals surface area (Å²) in [7, 11) is -3.94. The molecule has 1 amide bonds. The maximum absolute atomic E-state index is 12.9. The first-order valence-corrected chi connectivity index (χ1v) is 11.0. The quantitative estimate of drug-likeness (QED) is 0.443. The number of carbonyl (C=O) groups is 1. The molecule has 0 radical (unpaired) electrons. The largest absolute Gasteiger partial charge is 0.436 e. The molecule has 1 heterocycles. The molecule has 2 N–H and O–H groups in total. The highest BCUT2D eigenvalue weighted by Gasteiger charge is 2.16. The predicted molar refractivity (Wildman–Crippen MR) is 118 cm³/mol. The summed E-state index contributed by atoms with van der Waals surface area (Å²) >= 11 is 5.98. The number of anilines is 1. The van der Waals surface area contributed by atoms with Crippen LogP contribution in [0.1, 0.15) is 10.4 Å². The van der Waals surface area contributed by atoms with Crippen molar-refractivity contribution >= 4 is 44.2 Å². The third-order valence-corrected chi connectivity index (χ3v) is 5.76. The molecular weight excluding hydrogens is 438 g/mol. The lowest BCUT2D eigenvalue weighted by Gasteiger charge is -2.08. The molecule has 3 aromatic carbocycles. The smallest absolute Gasteiger partial charge is 0.276 e. The van der Waals surface area contributed by atoms with Crippen LogP contribution in [0.25, 0.3) is 11.0 Å². The highest BCUT2D eigenvalue weighted by atomic mass is 35.5. The van der Waals surface area contributed by atoms with E-state index in [9.17, 15) is 13.2 Å². The van der Waals surface area contributed by atoms with Crippen molar-refractivity contribution < 1.29 is 17.6 Å². The summed E-state index contributed by atoms with van der Waals surface area (Å²) in [5.41, 5.74) is 0.785. The number of benzene rings is 3. The second-order valence-electron chi connectivity index (χ2n) is 6.49. The molecule has 0 saturated heterocycles. The van der Waals surface area contributed by atoms with Gasteiger partial charge in [-0.1, -0.05) is 54.1 Å². The second-order valence-corrected chi connectivity index (χ2v) is 8.58. The first-order chi connectivity index (χ1) is 14.9. The molecule has 1 aromatic heterocycles. The van der Waals surface area contributed by atoms with Crippen molar-refractivity contribution in [2.45, 2.75) is 4.90 Å². The number of amides is 1. The van der Waals surface area contributed by atoms with Crippen molar-refractivity contribution in [3.8, 4) is 0 Å². The average molecular weight is 454 g/mol. The van der Waals surface area contributed by atoms with E-state index in [1.165, 1.54) is 12.1 Å². The molecule has 0 aliphatic rings. The van der Waals surface area contributed by atoms with Gasteiger partial charge in [0.2, 0.25) is 5.55 Å². The molecule has 0 bridgehead atoms. The summed E-state index contributed by atoms with van der Waals surface area (Å²) < 4.78 is 30.8. The minimum absolute atomic E-state index is 0.0319. The minimum atomic E-state index is -3.94. The lowest BCUT2D eigenvalue weighted by Crippen LogP contribution is -2.27. The summed E-state index contributed by atoms with van der Waals surface area (Å²) in [5.74, 6) is -0.533. The van der Waals surface area contributed by atoms with Gasteiger partial charge in [0.25, 0.3) is 15.9 Å². The Morgan fingerprint density at radius 3 is 2.42 bits per heavy atom. The zero-order valence-electron chi connectivity index (χ0n) is 15.9. The average Bonchev–Trinajstić information content (AvgIpc) is 2.77. The van der Waals surface area contributed by atoms with Crippen molar-refractivity contribution in [2.24, 2.45) is 5.10 Å². The third kappa shape index (κ3) is 4.76. The van der Waals surface area contributed by atoms with Crippen LogP contribution >= 0.6 is 11.6 Å². The monoisotopic (exact) mass is 453 g/mol. The number of nitrogens with one attached hydrogen (secondary N) is 2. The number of halogens is 1. The molecule has 0 unspecified atom stereocenters. The molecule has 0 fully saturated rings. The molecule has 31 heavy (non-hydrogen) atoms. The fourth-order valence-electron chi connectivity index (χ4n) is 2.83. The zero-order valence-corrected chi connectivity index (χ0v) is 17.5. The molecule has 9 heteroatoms. The molecule has 4 aromatic rings. The normalized spacial score (nSPS) is 12.0. The standard InChI is InChI=1S/C22H16ClN3O4S/c23-16-8-6-9-17(14-16)24-21(27)19-13-15-7-4-5-12-20(15)30-22(19)25-26-31(28,29)18-10-2-1-3-11-18/h1-14,26H,(H,24,27)/b25-22+. The highest BCUT2D eigenvalue weighted by Crippen LogP contribution is 2.17. The van der Waals surface area contributed by atoms with Crippen LogP contribution in [0.15, 0.2) is 99.3 Å². The predicted octanol–water partition coefficient (Wildman–Crippen LogP) is 4.13. The second kappa shape index (κ2) is 8.63. The van der Waals surface area contributed by atoms with E-state index in [1.807, 2.05) is 0 Å². The number of sulfonamides is 1. The van der Waals surface area contributed by atoms with Crippen molar-refractivity contribution in [1.82, 2.24) is 4.83 Å². The Bertz CT molecular complexity index is 1430. The number of fused-ring (bicyclic) bond motifs is 1. The Hall–Kier alpha value is -3.62. The van der Waals surface area contributed by atoms with Crippen LogP contribution in [0.5, 0.6) is 0 Å². The maximum atomic E-state index is 12.9. The van der Waals surface area contributed by atoms with E-state index in [4.69, 9.17) is 16.0 Å². The van der Waals surface area contributed by atoms with Crippen LogP contribution in [-0.4, -0.2) is 14.3 Å². The van der Waals surface area contributed by atoms with Gasteiger partial charge in [0, 0.05) is 16.1 Å². The molecular formula is C22H16ClN3O4S. The van der Waals surface area contributed by atoms with Gasteiger partial charge in [0.15, 0.2) is 0 Å². The van der Waals surface area contributed by atoms with Crippen LogP contribution in [0.3, 0.4) is 0 Å². The van der Waals surface area contributed by atoms with Gasteiger partial charge in [0.1, 0.15) is 11.1 Å². The Balaban J connectivity index is 1.76. The summed E-state index contributed by atoms with van der Waals surface area (Å²) in [6.07, 6.45) is 0. The summed E-state index contributed by atoms with van der Waals surface area (Å²) in [5, 5.41) is 7.72. The van der Waals surface area contributed by atoms with E-state index in [-0.39, 0.29) is 16.0 Å². The van der Waals surface area contributed by atoms with E-state index in [1.54, 1.807) is 72.8 Å². The molecule has 7 nitrogen and oxygen atoms in total. The molecule has 156 valence electrons. The Morgan fingerprint density at radius 1 is 0.903 bits per heavy atom. The molecule has 0 saturated carbocycles. The Labute approximate surface area is 183 Å². The number of nitrogens with zero attached hydrogens (tertiary/aromatic N) is 1. The van der Waals surface area contributed by atoms with Gasteiger partial charge in [-0.05, 0) is 42.5 Å². The lowest BCUT2D eigenvalue weighted by molar-refractivity contribution is 0.102. The third-order valence-electron chi connectivity index (χ3n) is 4.30. The molecule has 4 rings (SSSR count). The number of carbonyl (C=O) groups excluding carboxylic acids is 1. The highest BCUT2D eigenvalue weighted by molar-refractivity contribution is 7.89. The first-order valence-electron chi connectivity index (χ1n) is 9.13. The van der Waals surface area contributed by atoms with Gasteiger partial charge in [-0.25, -0.2) is 0 Å². The van der Waals surface area contributed by atoms with E-state index >= 15 is 0 Å². The van der Waals surface area contributed by atoms with Gasteiger partial charge in [-0.15, -0.1) is 5.10 Å². The van der Waals surface area contributed by atoms with Crippen molar-refractivity contribution in [2.75, 3.05) is 5.32 Å². The van der Waals surface area contributed by atoms with Gasteiger partial charge in [-0.3, -0.25) is 4.79 Å². The number of para-hydroxylation sites is 1. The molecule has 0 atom stereocenters. The van der Waals surface area contributed by atoms with Gasteiger partial charge < -0.3 is 9.73 Å². The van der Waals surface area contributed by atoms with Crippen molar-refractivity contribution in [3.05, 3.63) is 101 Å². The van der Waals surface area contributed by atoms with Gasteiger partial charge in [0.05, 0.1) is 4.90 Å². The van der Waals surface area contributed by atoms with E-state index in [0.29, 0.717) is 21.7 Å². The van der Waals surface area contributed by atoms with Crippen LogP contribution in [0.2, 0.25) is 5.02 Å². The van der Waals surface area contributed by atoms with Crippen LogP contribution in [-0.2, 0) is 10.0 Å². The molecule has 0 aliphatic heterocycles. The van der Waals surface area contributed by atoms with Gasteiger partial charge in [-0.2, -0.15) is 13.2 Å². The van der Waals surface area contributed by atoms with E-state index < -0.39 is 15.9 Å². The minimum Gasteiger partial charge on any atom is -0.436 e. The zero-order chi connectivity index (χ0) is 21.8. The van der Waals surface area contributed by atoms with Gasteiger partial charge >= 0.3 is 0 Å². The number of hydrogen-bond acceptors (Lipinski definition) is 5. The van der Waals surface area contributed by atoms with Crippen molar-refractivity contribution in [1.29, 1.82) is 0 Å². The lowest BCUT2D eigenvalue weighted by atomic mass is 10.1. The first kappa shape index (κ1) is 20.6. The van der Waals surface area contributed by atoms with Crippen LogP contribution < -0.4 is 15.7 Å². The fraction of sp³-hybridized carbons (Fsp3) is 0. The summed E-state index contributed by atoms with van der Waals surface area (Å²) in [4.78, 5) is 15.1. The van der Waals surface area contributed by atoms with E-state index in [2.05, 4.69) is 15.2 Å². The number of rotatable bonds is 5. The topological polar surface area (TPSA) is 101 Å². The molecule has 0 spiro atoms. The fourth-order valence-corrected chi connectivity index (χ4v) is 3.85. The van der Waals surface area contributed by atoms with Crippen LogP contribution in [0.4, 0.5) is 5.69 Å². The van der Waals surface area contributed by atoms with Crippen molar-refractivity contribution in [3.63, 3.8) is 0 Å². The van der Waals surface area contributed by atoms with E-state index in [0.717, 1.165) is 0 Å². The maximum Gasteiger partial charge on any atom is 0.276 e.